The number of fused-ring (bicyclic) bond motifs is 1. The van der Waals surface area contributed by atoms with Gasteiger partial charge < -0.3 is 39.8 Å². The third kappa shape index (κ3) is 13.5. The first-order valence-electron chi connectivity index (χ1n) is 22.5. The number of halogens is 1. The van der Waals surface area contributed by atoms with Gasteiger partial charge in [0.25, 0.3) is 0 Å². The van der Waals surface area contributed by atoms with Crippen molar-refractivity contribution >= 4 is 58.1 Å². The quantitative estimate of drug-likeness (QED) is 0.163. The SMILES string of the molecule is CC(C)(C)OC(=O)NC1(C(=O)NC(CCN2CCC(OC3CCN(C(=O)CC4CCCCC4)CC3)CC2)c2ccc(Cl)cc2)CCN(c2ncnc3[nH]ccc23)CC1.CSC. The van der Waals surface area contributed by atoms with E-state index in [1.165, 1.54) is 32.1 Å². The molecule has 0 spiro atoms. The summed E-state index contributed by atoms with van der Waals surface area (Å²) in [4.78, 5) is 59.6. The maximum atomic E-state index is 14.6. The summed E-state index contributed by atoms with van der Waals surface area (Å²) >= 11 is 8.06. The molecular formula is C46H69ClN8O5S. The van der Waals surface area contributed by atoms with Crippen LogP contribution in [-0.2, 0) is 19.1 Å². The van der Waals surface area contributed by atoms with Crippen molar-refractivity contribution in [3.8, 4) is 0 Å². The van der Waals surface area contributed by atoms with Crippen molar-refractivity contribution in [2.24, 2.45) is 5.92 Å². The van der Waals surface area contributed by atoms with Gasteiger partial charge in [-0.25, -0.2) is 14.8 Å². The lowest BCUT2D eigenvalue weighted by molar-refractivity contribution is -0.136. The normalized spacial score (nSPS) is 20.1. The molecule has 2 aromatic heterocycles. The predicted octanol–water partition coefficient (Wildman–Crippen LogP) is 8.14. The smallest absolute Gasteiger partial charge is 0.408 e. The zero-order valence-electron chi connectivity index (χ0n) is 37.1. The number of nitrogens with zero attached hydrogens (tertiary/aromatic N) is 5. The van der Waals surface area contributed by atoms with Crippen LogP contribution in [0.3, 0.4) is 0 Å². The molecule has 3 aliphatic heterocycles. The monoisotopic (exact) mass is 880 g/mol. The second kappa shape index (κ2) is 22.2. The van der Waals surface area contributed by atoms with E-state index in [9.17, 15) is 14.4 Å². The second-order valence-electron chi connectivity index (χ2n) is 18.4. The fourth-order valence-corrected chi connectivity index (χ4v) is 9.42. The lowest BCUT2D eigenvalue weighted by Gasteiger charge is -2.42. The molecule has 3 aromatic rings. The molecule has 61 heavy (non-hydrogen) atoms. The summed E-state index contributed by atoms with van der Waals surface area (Å²) in [6.45, 7) is 10.7. The van der Waals surface area contributed by atoms with Gasteiger partial charge in [0.1, 0.15) is 28.9 Å². The highest BCUT2D eigenvalue weighted by molar-refractivity contribution is 7.97. The van der Waals surface area contributed by atoms with Crippen LogP contribution in [0.1, 0.15) is 116 Å². The molecule has 13 nitrogen and oxygen atoms in total. The van der Waals surface area contributed by atoms with E-state index in [-0.39, 0.29) is 24.2 Å². The van der Waals surface area contributed by atoms with Crippen molar-refractivity contribution in [1.29, 1.82) is 0 Å². The van der Waals surface area contributed by atoms with Crippen LogP contribution < -0.4 is 15.5 Å². The number of piperidine rings is 3. The van der Waals surface area contributed by atoms with Gasteiger partial charge in [-0.15, -0.1) is 0 Å². The number of aromatic nitrogens is 3. The predicted molar refractivity (Wildman–Crippen MR) is 245 cm³/mol. The fraction of sp³-hybridized carbons (Fsp3) is 0.674. The average molecular weight is 882 g/mol. The number of ether oxygens (including phenoxy) is 2. The maximum absolute atomic E-state index is 14.6. The number of amides is 3. The Morgan fingerprint density at radius 3 is 2.18 bits per heavy atom. The third-order valence-corrected chi connectivity index (χ3v) is 12.9. The number of benzene rings is 1. The summed E-state index contributed by atoms with van der Waals surface area (Å²) in [5.41, 5.74) is -0.203. The average Bonchev–Trinajstić information content (AvgIpc) is 3.73. The number of nitrogens with one attached hydrogen (secondary N) is 3. The molecule has 1 aromatic carbocycles. The van der Waals surface area contributed by atoms with E-state index < -0.39 is 17.2 Å². The molecular weight excluding hydrogens is 812 g/mol. The number of likely N-dealkylation sites (tertiary alicyclic amines) is 2. The summed E-state index contributed by atoms with van der Waals surface area (Å²) in [5, 5.41) is 7.93. The van der Waals surface area contributed by atoms with Gasteiger partial charge in [-0.3, -0.25) is 9.59 Å². The van der Waals surface area contributed by atoms with Gasteiger partial charge in [0.15, 0.2) is 0 Å². The number of carbonyl (C=O) groups excluding carboxylic acids is 3. The molecule has 336 valence electrons. The van der Waals surface area contributed by atoms with Crippen molar-refractivity contribution in [1.82, 2.24) is 35.4 Å². The summed E-state index contributed by atoms with van der Waals surface area (Å²) in [6.07, 6.45) is 19.4. The minimum atomic E-state index is -1.19. The number of aromatic amines is 1. The van der Waals surface area contributed by atoms with Gasteiger partial charge in [-0.05, 0) is 121 Å². The molecule has 0 radical (unpaired) electrons. The number of rotatable bonds is 12. The van der Waals surface area contributed by atoms with Gasteiger partial charge >= 0.3 is 6.09 Å². The number of thioether (sulfide) groups is 1. The van der Waals surface area contributed by atoms with E-state index in [4.69, 9.17) is 21.1 Å². The number of hydrogen-bond acceptors (Lipinski definition) is 10. The molecule has 15 heteroatoms. The Morgan fingerprint density at radius 2 is 1.54 bits per heavy atom. The zero-order valence-corrected chi connectivity index (χ0v) is 38.6. The highest BCUT2D eigenvalue weighted by Gasteiger charge is 2.45. The molecule has 3 N–H and O–H groups in total. The van der Waals surface area contributed by atoms with Gasteiger partial charge in [0, 0.05) is 63.5 Å². The molecule has 5 heterocycles. The number of carbonyl (C=O) groups is 3. The van der Waals surface area contributed by atoms with E-state index in [0.29, 0.717) is 49.2 Å². The van der Waals surface area contributed by atoms with Gasteiger partial charge in [-0.1, -0.05) is 43.0 Å². The lowest BCUT2D eigenvalue weighted by Crippen LogP contribution is -2.64. The van der Waals surface area contributed by atoms with E-state index in [1.54, 1.807) is 18.1 Å². The van der Waals surface area contributed by atoms with Crippen LogP contribution >= 0.6 is 23.4 Å². The number of alkyl carbamates (subject to hydrolysis) is 1. The molecule has 1 atom stereocenters. The summed E-state index contributed by atoms with van der Waals surface area (Å²) < 4.78 is 12.3. The fourth-order valence-electron chi connectivity index (χ4n) is 9.29. The molecule has 4 aliphatic rings. The van der Waals surface area contributed by atoms with Crippen LogP contribution in [0.5, 0.6) is 0 Å². The van der Waals surface area contributed by atoms with Crippen LogP contribution in [0.4, 0.5) is 10.6 Å². The van der Waals surface area contributed by atoms with Gasteiger partial charge in [0.05, 0.1) is 23.6 Å². The van der Waals surface area contributed by atoms with Crippen LogP contribution in [0.15, 0.2) is 42.9 Å². The molecule has 0 bridgehead atoms. The van der Waals surface area contributed by atoms with Crippen molar-refractivity contribution < 1.29 is 23.9 Å². The maximum Gasteiger partial charge on any atom is 0.408 e. The Labute approximate surface area is 372 Å². The topological polar surface area (TPSA) is 145 Å². The first-order valence-corrected chi connectivity index (χ1v) is 24.5. The zero-order chi connectivity index (χ0) is 43.4. The van der Waals surface area contributed by atoms with Crippen LogP contribution in [0.2, 0.25) is 5.02 Å². The summed E-state index contributed by atoms with van der Waals surface area (Å²) in [6, 6.07) is 9.30. The van der Waals surface area contributed by atoms with Gasteiger partial charge in [0.2, 0.25) is 11.8 Å². The van der Waals surface area contributed by atoms with Gasteiger partial charge in [-0.2, -0.15) is 11.8 Å². The number of hydrogen-bond donors (Lipinski definition) is 3. The molecule has 4 fully saturated rings. The largest absolute Gasteiger partial charge is 0.444 e. The molecule has 7 rings (SSSR count). The Kier molecular flexibility index (Phi) is 17.0. The lowest BCUT2D eigenvalue weighted by atomic mass is 9.85. The Bertz CT molecular complexity index is 1840. The first kappa shape index (κ1) is 46.9. The van der Waals surface area contributed by atoms with E-state index >= 15 is 0 Å². The van der Waals surface area contributed by atoms with E-state index in [1.807, 2.05) is 69.8 Å². The Morgan fingerprint density at radius 1 is 0.902 bits per heavy atom. The Balaban J connectivity index is 0.00000201. The molecule has 3 amide bonds. The minimum absolute atomic E-state index is 0.212. The van der Waals surface area contributed by atoms with Crippen molar-refractivity contribution in [3.63, 3.8) is 0 Å². The summed E-state index contributed by atoms with van der Waals surface area (Å²) in [5.74, 6) is 1.48. The molecule has 3 saturated heterocycles. The van der Waals surface area contributed by atoms with Crippen LogP contribution in [-0.4, -0.2) is 124 Å². The Hall–Kier alpha value is -3.59. The number of H-pyrrole nitrogens is 1. The number of anilines is 1. The van der Waals surface area contributed by atoms with E-state index in [2.05, 4.69) is 40.3 Å². The highest BCUT2D eigenvalue weighted by atomic mass is 35.5. The summed E-state index contributed by atoms with van der Waals surface area (Å²) in [7, 11) is 0. The first-order chi connectivity index (χ1) is 29.3. The standard InChI is InChI=1S/C44H63ClN8O5.C2H6S/c1-43(2,3)58-42(56)50-44(19-27-53(28-20-44)40-36-13-21-46-39(36)47-30-48-40)41(55)49-37(32-9-11-33(45)12-10-32)18-24-51-22-14-34(15-23-51)57-35-16-25-52(26-17-35)38(54)29-31-7-5-4-6-8-31;1-3-2/h9-13,21,30-31,34-35,37H,4-8,14-20,22-29H2,1-3H3,(H,49,55)(H,50,56)(H,46,47,48);1-2H3. The van der Waals surface area contributed by atoms with E-state index in [0.717, 1.165) is 87.2 Å². The minimum Gasteiger partial charge on any atom is -0.444 e. The molecule has 1 unspecified atom stereocenters. The van der Waals surface area contributed by atoms with Crippen molar-refractivity contribution in [3.05, 3.63) is 53.4 Å². The van der Waals surface area contributed by atoms with Crippen molar-refractivity contribution in [2.45, 2.75) is 134 Å². The van der Waals surface area contributed by atoms with Crippen molar-refractivity contribution in [2.75, 3.05) is 63.2 Å². The molecule has 1 aliphatic carbocycles. The third-order valence-electron chi connectivity index (χ3n) is 12.6. The second-order valence-corrected chi connectivity index (χ2v) is 19.6. The highest BCUT2D eigenvalue weighted by Crippen LogP contribution is 2.32. The molecule has 1 saturated carbocycles. The van der Waals surface area contributed by atoms with Crippen LogP contribution in [0.25, 0.3) is 11.0 Å². The van der Waals surface area contributed by atoms with Crippen LogP contribution in [0, 0.1) is 5.92 Å².